The van der Waals surface area contributed by atoms with Crippen molar-refractivity contribution in [2.75, 3.05) is 27.3 Å². The average Bonchev–Trinajstić information content (AvgIpc) is 2.83. The van der Waals surface area contributed by atoms with Gasteiger partial charge < -0.3 is 19.7 Å². The second kappa shape index (κ2) is 9.90. The number of aryl methyl sites for hydroxylation is 1. The van der Waals surface area contributed by atoms with E-state index in [0.29, 0.717) is 30.8 Å². The van der Waals surface area contributed by atoms with Crippen LogP contribution in [0.4, 0.5) is 0 Å². The van der Waals surface area contributed by atoms with E-state index in [9.17, 15) is 9.59 Å². The van der Waals surface area contributed by atoms with Crippen LogP contribution in [0.2, 0.25) is 0 Å². The van der Waals surface area contributed by atoms with Gasteiger partial charge in [-0.3, -0.25) is 14.6 Å². The van der Waals surface area contributed by atoms with Crippen LogP contribution in [-0.4, -0.2) is 55.0 Å². The number of aromatic nitrogens is 1. The molecule has 2 aromatic carbocycles. The van der Waals surface area contributed by atoms with Crippen LogP contribution in [-0.2, 0) is 11.2 Å². The highest BCUT2D eigenvalue weighted by atomic mass is 16.5. The third-order valence-corrected chi connectivity index (χ3v) is 6.18. The van der Waals surface area contributed by atoms with Crippen molar-refractivity contribution in [2.24, 2.45) is 0 Å². The van der Waals surface area contributed by atoms with Gasteiger partial charge >= 0.3 is 0 Å². The molecule has 7 nitrogen and oxygen atoms in total. The molecule has 1 aromatic heterocycles. The fourth-order valence-corrected chi connectivity index (χ4v) is 4.26. The first-order valence-corrected chi connectivity index (χ1v) is 11.1. The standard InChI is InChI=1S/C26H29N3O4/c1-17-22(14-18-8-9-21(32-2)16-23(18)27-17)26(31)28-20-10-12-29(13-11-20)25(30)15-19-6-4-5-7-24(19)33-3/h4-9,14,16,20H,10-13,15H2,1-3H3,(H,28,31). The zero-order valence-corrected chi connectivity index (χ0v) is 19.3. The van der Waals surface area contributed by atoms with Crippen LogP contribution in [0.5, 0.6) is 11.5 Å². The molecule has 1 N–H and O–H groups in total. The molecule has 0 radical (unpaired) electrons. The third kappa shape index (κ3) is 5.08. The molecular weight excluding hydrogens is 418 g/mol. The summed E-state index contributed by atoms with van der Waals surface area (Å²) in [5.41, 5.74) is 2.93. The molecule has 0 spiro atoms. The number of methoxy groups -OCH3 is 2. The number of likely N-dealkylation sites (tertiary alicyclic amines) is 1. The fraction of sp³-hybridized carbons (Fsp3) is 0.346. The van der Waals surface area contributed by atoms with Gasteiger partial charge in [-0.05, 0) is 44.0 Å². The predicted molar refractivity (Wildman–Crippen MR) is 127 cm³/mol. The molecule has 0 aliphatic carbocycles. The van der Waals surface area contributed by atoms with Crippen LogP contribution in [0.25, 0.3) is 10.9 Å². The number of piperidine rings is 1. The molecule has 0 bridgehead atoms. The summed E-state index contributed by atoms with van der Waals surface area (Å²) in [4.78, 5) is 32.2. The Labute approximate surface area is 193 Å². The summed E-state index contributed by atoms with van der Waals surface area (Å²) in [6.07, 6.45) is 1.76. The number of carbonyl (C=O) groups is 2. The molecular formula is C26H29N3O4. The Morgan fingerprint density at radius 1 is 1.06 bits per heavy atom. The minimum absolute atomic E-state index is 0.0266. The van der Waals surface area contributed by atoms with Gasteiger partial charge in [0.2, 0.25) is 5.91 Å². The van der Waals surface area contributed by atoms with E-state index < -0.39 is 0 Å². The van der Waals surface area contributed by atoms with Gasteiger partial charge in [-0.25, -0.2) is 0 Å². The van der Waals surface area contributed by atoms with Crippen molar-refractivity contribution in [3.63, 3.8) is 0 Å². The topological polar surface area (TPSA) is 80.8 Å². The van der Waals surface area contributed by atoms with Crippen LogP contribution >= 0.6 is 0 Å². The van der Waals surface area contributed by atoms with Gasteiger partial charge in [0.15, 0.2) is 0 Å². The monoisotopic (exact) mass is 447 g/mol. The second-order valence-corrected chi connectivity index (χ2v) is 8.30. The van der Waals surface area contributed by atoms with Crippen molar-refractivity contribution in [1.82, 2.24) is 15.2 Å². The summed E-state index contributed by atoms with van der Waals surface area (Å²) >= 11 is 0. The number of benzene rings is 2. The molecule has 0 saturated carbocycles. The molecule has 1 aliphatic heterocycles. The number of ether oxygens (including phenoxy) is 2. The molecule has 2 heterocycles. The SMILES string of the molecule is COc1ccc2cc(C(=O)NC3CCN(C(=O)Cc4ccccc4OC)CC3)c(C)nc2c1. The van der Waals surface area contributed by atoms with E-state index in [1.54, 1.807) is 14.2 Å². The maximum absolute atomic E-state index is 13.0. The van der Waals surface area contributed by atoms with Crippen LogP contribution < -0.4 is 14.8 Å². The summed E-state index contributed by atoms with van der Waals surface area (Å²) in [7, 11) is 3.23. The summed E-state index contributed by atoms with van der Waals surface area (Å²) < 4.78 is 10.6. The summed E-state index contributed by atoms with van der Waals surface area (Å²) in [5.74, 6) is 1.41. The van der Waals surface area contributed by atoms with E-state index in [2.05, 4.69) is 10.3 Å². The van der Waals surface area contributed by atoms with E-state index in [0.717, 1.165) is 40.8 Å². The van der Waals surface area contributed by atoms with E-state index >= 15 is 0 Å². The highest BCUT2D eigenvalue weighted by Crippen LogP contribution is 2.23. The lowest BCUT2D eigenvalue weighted by molar-refractivity contribution is -0.131. The minimum Gasteiger partial charge on any atom is -0.497 e. The number of fused-ring (bicyclic) bond motifs is 1. The maximum atomic E-state index is 13.0. The maximum Gasteiger partial charge on any atom is 0.253 e. The minimum atomic E-state index is -0.128. The number of amides is 2. The first-order chi connectivity index (χ1) is 16.0. The van der Waals surface area contributed by atoms with Crippen LogP contribution in [0, 0.1) is 6.92 Å². The molecule has 4 rings (SSSR count). The Morgan fingerprint density at radius 2 is 1.82 bits per heavy atom. The van der Waals surface area contributed by atoms with Crippen LogP contribution in [0.3, 0.4) is 0 Å². The normalized spacial score (nSPS) is 14.2. The smallest absolute Gasteiger partial charge is 0.253 e. The van der Waals surface area contributed by atoms with Gasteiger partial charge in [0.05, 0.1) is 37.4 Å². The van der Waals surface area contributed by atoms with E-state index in [1.807, 2.05) is 60.4 Å². The lowest BCUT2D eigenvalue weighted by Gasteiger charge is -2.32. The number of para-hydroxylation sites is 1. The van der Waals surface area contributed by atoms with Crippen molar-refractivity contribution in [3.05, 3.63) is 65.4 Å². The predicted octanol–water partition coefficient (Wildman–Crippen LogP) is 3.52. The van der Waals surface area contributed by atoms with Crippen LogP contribution in [0.15, 0.2) is 48.5 Å². The van der Waals surface area contributed by atoms with E-state index in [1.165, 1.54) is 0 Å². The Balaban J connectivity index is 1.35. The van der Waals surface area contributed by atoms with Crippen molar-refractivity contribution < 1.29 is 19.1 Å². The third-order valence-electron chi connectivity index (χ3n) is 6.18. The molecule has 33 heavy (non-hydrogen) atoms. The van der Waals surface area contributed by atoms with Gasteiger partial charge in [0, 0.05) is 36.1 Å². The van der Waals surface area contributed by atoms with Gasteiger partial charge in [0.25, 0.3) is 5.91 Å². The highest BCUT2D eigenvalue weighted by Gasteiger charge is 2.25. The van der Waals surface area contributed by atoms with E-state index in [4.69, 9.17) is 9.47 Å². The quantitative estimate of drug-likeness (QED) is 0.625. The first-order valence-electron chi connectivity index (χ1n) is 11.1. The molecule has 1 fully saturated rings. The molecule has 1 saturated heterocycles. The molecule has 2 amide bonds. The van der Waals surface area contributed by atoms with E-state index in [-0.39, 0.29) is 17.9 Å². The number of pyridine rings is 1. The van der Waals surface area contributed by atoms with Crippen molar-refractivity contribution >= 4 is 22.7 Å². The van der Waals surface area contributed by atoms with Gasteiger partial charge in [0.1, 0.15) is 11.5 Å². The van der Waals surface area contributed by atoms with Crippen molar-refractivity contribution in [3.8, 4) is 11.5 Å². The molecule has 7 heteroatoms. The molecule has 0 atom stereocenters. The lowest BCUT2D eigenvalue weighted by atomic mass is 10.0. The van der Waals surface area contributed by atoms with Crippen LogP contribution in [0.1, 0.15) is 34.5 Å². The summed E-state index contributed by atoms with van der Waals surface area (Å²) in [5, 5.41) is 4.02. The molecule has 0 unspecified atom stereocenters. The molecule has 3 aromatic rings. The fourth-order valence-electron chi connectivity index (χ4n) is 4.26. The Morgan fingerprint density at radius 3 is 2.55 bits per heavy atom. The first kappa shape index (κ1) is 22.6. The van der Waals surface area contributed by atoms with Gasteiger partial charge in [-0.2, -0.15) is 0 Å². The van der Waals surface area contributed by atoms with Gasteiger partial charge in [-0.15, -0.1) is 0 Å². The second-order valence-electron chi connectivity index (χ2n) is 8.30. The Bertz CT molecular complexity index is 1170. The number of carbonyl (C=O) groups excluding carboxylic acids is 2. The Hall–Kier alpha value is -3.61. The largest absolute Gasteiger partial charge is 0.497 e. The molecule has 1 aliphatic rings. The van der Waals surface area contributed by atoms with Crippen molar-refractivity contribution in [1.29, 1.82) is 0 Å². The lowest BCUT2D eigenvalue weighted by Crippen LogP contribution is -2.47. The highest BCUT2D eigenvalue weighted by molar-refractivity contribution is 5.99. The number of nitrogens with zero attached hydrogens (tertiary/aromatic N) is 2. The number of rotatable bonds is 6. The van der Waals surface area contributed by atoms with Crippen molar-refractivity contribution in [2.45, 2.75) is 32.2 Å². The number of nitrogens with one attached hydrogen (secondary N) is 1. The number of hydrogen-bond donors (Lipinski definition) is 1. The number of hydrogen-bond acceptors (Lipinski definition) is 5. The Kier molecular flexibility index (Phi) is 6.77. The average molecular weight is 448 g/mol. The summed E-state index contributed by atoms with van der Waals surface area (Å²) in [6, 6.07) is 15.1. The van der Waals surface area contributed by atoms with Gasteiger partial charge in [-0.1, -0.05) is 18.2 Å². The zero-order chi connectivity index (χ0) is 23.4. The zero-order valence-electron chi connectivity index (χ0n) is 19.3. The molecule has 172 valence electrons. The summed E-state index contributed by atoms with van der Waals surface area (Å²) in [6.45, 7) is 3.08.